The molecule has 0 saturated carbocycles. The fourth-order valence-electron chi connectivity index (χ4n) is 16.4. The quantitative estimate of drug-likeness (QED) is 0.0125. The number of primary amides is 1. The molecule has 21 amide bonds. The van der Waals surface area contributed by atoms with Crippen LogP contribution in [0, 0.1) is 5.92 Å². The van der Waals surface area contributed by atoms with Gasteiger partial charge >= 0.3 is 48.0 Å². The van der Waals surface area contributed by atoms with Crippen LogP contribution < -0.4 is 65.9 Å². The fourth-order valence-corrected chi connectivity index (χ4v) is 16.4. The average molecular weight is 1900 g/mol. The van der Waals surface area contributed by atoms with E-state index in [2.05, 4.69) is 37.2 Å². The van der Waals surface area contributed by atoms with Gasteiger partial charge in [-0.15, -0.1) is 0 Å². The van der Waals surface area contributed by atoms with Crippen LogP contribution in [0.5, 0.6) is 0 Å². The smallest absolute Gasteiger partial charge is 0.327 e. The summed E-state index contributed by atoms with van der Waals surface area (Å²) in [6, 6.07) is 52.1. The van der Waals surface area contributed by atoms with E-state index in [1.807, 2.05) is 20.8 Å². The van der Waals surface area contributed by atoms with Gasteiger partial charge in [-0.25, -0.2) is 53.3 Å². The molecule has 8 rings (SSSR count). The highest BCUT2D eigenvalue weighted by Crippen LogP contribution is 2.25. The molecule has 0 bridgehead atoms. The Hall–Kier alpha value is -13.6. The van der Waals surface area contributed by atoms with Crippen LogP contribution in [-0.4, -0.2) is 206 Å². The second kappa shape index (κ2) is 60.1. The molecule has 1 saturated heterocycles. The molecule has 1 fully saturated rings. The Kier molecular flexibility index (Phi) is 47.8. The standard InChI is InChI=1S/C104H141N19O15/c1-4-5-13-51-86-114-103(137)123(92(126)61-55-75(2)3)90(72-82-48-26-12-27-49-82)116-99(133)118(91(125)62-56-76-36-14-6-15-37-76)73-83(50-28-32-67-105)110-100(134)120(94(128)64-58-78-40-18-8-19-41-78)87(53-30-34-69-107)112-101(135)119(93(127)63-57-77-38-16-7-17-39-77)85(52-29-33-68-106)111-97(131)98(132)117(74-84(109)124)89(71-81-46-24-11-25-47-81)115-104(138)122(96(130)66-60-80-44-22-10-23-45-80)88(54-31-35-70-108)113-102(136)121(86)95(129)65-59-79-42-20-9-21-43-79/h6-12,14-27,36-49,75,83,85-90H,4-5,13,28-35,50-74,105-108H2,1-3H3,(H2,109,124)(H,110,134)(H,111,131)(H,112,135)(H,113,136)(H,114,137)(H,115,138)(H,116,133)/t83-,85+,86+,87+,88+,89+,90+/m0/s1. The number of carbonyl (C=O) groups is 15. The van der Waals surface area contributed by atoms with E-state index in [4.69, 9.17) is 28.7 Å². The van der Waals surface area contributed by atoms with Crippen molar-refractivity contribution in [3.63, 3.8) is 0 Å². The van der Waals surface area contributed by atoms with Crippen molar-refractivity contribution in [1.29, 1.82) is 0 Å². The predicted molar refractivity (Wildman–Crippen MR) is 527 cm³/mol. The van der Waals surface area contributed by atoms with Gasteiger partial charge in [0.25, 0.3) is 0 Å². The second-order valence-electron chi connectivity index (χ2n) is 35.1. The van der Waals surface area contributed by atoms with Crippen molar-refractivity contribution in [3.05, 3.63) is 251 Å². The Morgan fingerprint density at radius 2 is 0.580 bits per heavy atom. The van der Waals surface area contributed by atoms with E-state index in [1.165, 1.54) is 0 Å². The minimum absolute atomic E-state index is 0.00734. The van der Waals surface area contributed by atoms with Crippen molar-refractivity contribution in [3.8, 4) is 0 Å². The Labute approximate surface area is 810 Å². The third-order valence-electron chi connectivity index (χ3n) is 23.9. The van der Waals surface area contributed by atoms with Crippen molar-refractivity contribution < 1.29 is 71.9 Å². The molecule has 742 valence electrons. The first kappa shape index (κ1) is 110. The first-order chi connectivity index (χ1) is 66.7. The molecule has 34 nitrogen and oxygen atoms in total. The van der Waals surface area contributed by atoms with Gasteiger partial charge in [-0.1, -0.05) is 252 Å². The molecule has 1 heterocycles. The molecule has 0 aromatic heterocycles. The number of amides is 21. The van der Waals surface area contributed by atoms with Crippen molar-refractivity contribution in [1.82, 2.24) is 71.5 Å². The first-order valence-corrected chi connectivity index (χ1v) is 48.5. The predicted octanol–water partition coefficient (Wildman–Crippen LogP) is 11.2. The largest absolute Gasteiger partial charge is 0.368 e. The van der Waals surface area contributed by atoms with Crippen molar-refractivity contribution in [2.75, 3.05) is 39.3 Å². The highest BCUT2D eigenvalue weighted by atomic mass is 16.2. The van der Waals surface area contributed by atoms with E-state index in [0.29, 0.717) is 72.9 Å². The lowest BCUT2D eigenvalue weighted by Gasteiger charge is -2.39. The number of nitrogens with two attached hydrogens (primary N) is 5. The molecular weight excluding hydrogens is 1760 g/mol. The number of aryl methyl sites for hydroxylation is 5. The fraction of sp³-hybridized carbons (Fsp3) is 0.452. The van der Waals surface area contributed by atoms with Gasteiger partial charge in [0.2, 0.25) is 41.4 Å². The number of hydrogen-bond acceptors (Lipinski definition) is 19. The van der Waals surface area contributed by atoms with Crippen molar-refractivity contribution >= 4 is 89.4 Å². The van der Waals surface area contributed by atoms with Gasteiger partial charge in [0.1, 0.15) is 43.5 Å². The summed E-state index contributed by atoms with van der Waals surface area (Å²) < 4.78 is 0. The maximum absolute atomic E-state index is 16.6. The second-order valence-corrected chi connectivity index (χ2v) is 35.1. The highest BCUT2D eigenvalue weighted by Gasteiger charge is 2.44. The number of carbonyl (C=O) groups excluding carboxylic acids is 15. The Balaban J connectivity index is 1.45. The number of nitrogens with one attached hydrogen (secondary N) is 7. The number of rotatable bonds is 44. The van der Waals surface area contributed by atoms with Gasteiger partial charge in [0.05, 0.1) is 6.54 Å². The summed E-state index contributed by atoms with van der Waals surface area (Å²) >= 11 is 0. The number of nitrogens with zero attached hydrogens (tertiary/aromatic N) is 7. The SMILES string of the molecule is CCCCC[C@@H]1NC(=O)N(C(=O)CCC(C)C)[C@H](Cc2ccccc2)NC(=O)N(C(=O)CCc2ccccc2)C[C@H](CCCCN)NC(=O)N(C(=O)CCc2ccccc2)[C@H](CCCCN)NC(=O)N(C(=O)CCc2ccccc2)[C@H](CCCCN)NC(=O)C(=O)N(CC(N)=O)[C@H](Cc2ccccc2)NC(=O)N(C(=O)CCc2ccccc2)[C@H](CCCCN)NC(=O)N1C(=O)CCc1ccccc1. The van der Waals surface area contributed by atoms with E-state index < -0.39 is 178 Å². The number of benzene rings is 7. The summed E-state index contributed by atoms with van der Waals surface area (Å²) in [5.74, 6) is -9.90. The number of unbranched alkanes of at least 4 members (excludes halogenated alkanes) is 6. The summed E-state index contributed by atoms with van der Waals surface area (Å²) in [6.45, 7) is 4.16. The average Bonchev–Trinajstić information content (AvgIpc) is 0.778. The van der Waals surface area contributed by atoms with Crippen molar-refractivity contribution in [2.45, 2.75) is 256 Å². The zero-order chi connectivity index (χ0) is 99.5. The Morgan fingerprint density at radius 1 is 0.312 bits per heavy atom. The van der Waals surface area contributed by atoms with E-state index in [0.717, 1.165) is 19.6 Å². The van der Waals surface area contributed by atoms with Gasteiger partial charge in [0.15, 0.2) is 0 Å². The molecule has 1 aliphatic rings. The molecule has 0 aliphatic carbocycles. The van der Waals surface area contributed by atoms with Crippen LogP contribution in [0.4, 0.5) is 28.8 Å². The van der Waals surface area contributed by atoms with E-state index >= 15 is 67.1 Å². The normalized spacial score (nSPS) is 17.9. The third kappa shape index (κ3) is 36.8. The molecule has 7 aromatic rings. The summed E-state index contributed by atoms with van der Waals surface area (Å²) in [4.78, 5) is 245. The topological polar surface area (TPSA) is 493 Å². The first-order valence-electron chi connectivity index (χ1n) is 48.5. The molecule has 138 heavy (non-hydrogen) atoms. The molecular formula is C104H141N19O15. The summed E-state index contributed by atoms with van der Waals surface area (Å²) in [6.07, 6.45) is -12.0. The number of urea groups is 6. The summed E-state index contributed by atoms with van der Waals surface area (Å²) in [5, 5.41) is 19.9. The molecule has 7 atom stereocenters. The molecule has 1 aliphatic heterocycles. The Morgan fingerprint density at radius 3 is 0.899 bits per heavy atom. The highest BCUT2D eigenvalue weighted by molar-refractivity contribution is 6.35. The summed E-state index contributed by atoms with van der Waals surface area (Å²) in [5.41, 5.74) is 35.0. The van der Waals surface area contributed by atoms with E-state index in [9.17, 15) is 4.79 Å². The van der Waals surface area contributed by atoms with Gasteiger partial charge in [-0.2, -0.15) is 0 Å². The number of imide groups is 6. The maximum Gasteiger partial charge on any atom is 0.327 e. The van der Waals surface area contributed by atoms with Crippen LogP contribution in [-0.2, 0) is 88.1 Å². The minimum Gasteiger partial charge on any atom is -0.368 e. The maximum atomic E-state index is 16.6. The van der Waals surface area contributed by atoms with Crippen LogP contribution >= 0.6 is 0 Å². The van der Waals surface area contributed by atoms with Gasteiger partial charge < -0.3 is 70.8 Å². The molecule has 34 heteroatoms. The third-order valence-corrected chi connectivity index (χ3v) is 23.9. The lowest BCUT2D eigenvalue weighted by molar-refractivity contribution is -0.150. The molecule has 0 unspecified atom stereocenters. The monoisotopic (exact) mass is 1900 g/mol. The zero-order valence-corrected chi connectivity index (χ0v) is 79.9. The lowest BCUT2D eigenvalue weighted by atomic mass is 10.1. The van der Waals surface area contributed by atoms with Crippen LogP contribution in [0.2, 0.25) is 0 Å². The molecule has 0 radical (unpaired) electrons. The number of hydrogen-bond donors (Lipinski definition) is 12. The molecule has 7 aromatic carbocycles. The van der Waals surface area contributed by atoms with Crippen LogP contribution in [0.1, 0.15) is 207 Å². The van der Waals surface area contributed by atoms with Gasteiger partial charge in [-0.05, 0) is 193 Å². The van der Waals surface area contributed by atoms with Crippen LogP contribution in [0.15, 0.2) is 212 Å². The van der Waals surface area contributed by atoms with Crippen molar-refractivity contribution in [2.24, 2.45) is 34.6 Å². The van der Waals surface area contributed by atoms with E-state index in [-0.39, 0.29) is 173 Å². The minimum atomic E-state index is -1.87. The zero-order valence-electron chi connectivity index (χ0n) is 79.9. The van der Waals surface area contributed by atoms with Crippen LogP contribution in [0.3, 0.4) is 0 Å². The van der Waals surface area contributed by atoms with Gasteiger partial charge in [0, 0.05) is 57.4 Å². The molecule has 17 N–H and O–H groups in total. The van der Waals surface area contributed by atoms with E-state index in [1.54, 1.807) is 212 Å². The summed E-state index contributed by atoms with van der Waals surface area (Å²) in [7, 11) is 0. The van der Waals surface area contributed by atoms with Crippen LogP contribution in [0.25, 0.3) is 0 Å². The Bertz CT molecular complexity index is 5000. The lowest BCUT2D eigenvalue weighted by Crippen LogP contribution is -2.66. The van der Waals surface area contributed by atoms with Gasteiger partial charge in [-0.3, -0.25) is 48.1 Å². The molecule has 0 spiro atoms.